The largest absolute Gasteiger partial charge is 0.412 e. The second-order valence-electron chi connectivity index (χ2n) is 4.02. The molecule has 0 bridgehead atoms. The second kappa shape index (κ2) is 10.6. The number of methoxy groups -OCH3 is 1. The quantitative estimate of drug-likeness (QED) is 0.650. The summed E-state index contributed by atoms with van der Waals surface area (Å²) in [5, 5.41) is 5.13. The highest BCUT2D eigenvalue weighted by atomic mass is 16.6. The molecule has 1 aromatic carbocycles. The highest BCUT2D eigenvalue weighted by Crippen LogP contribution is 2.07. The minimum atomic E-state index is -0.563. The molecule has 1 rings (SSSR count). The molecule has 0 aromatic heterocycles. The average Bonchev–Trinajstić information content (AvgIpc) is 2.49. The van der Waals surface area contributed by atoms with E-state index in [0.29, 0.717) is 25.5 Å². The molecule has 0 spiro atoms. The lowest BCUT2D eigenvalue weighted by atomic mass is 10.3. The van der Waals surface area contributed by atoms with Crippen molar-refractivity contribution in [3.05, 3.63) is 30.3 Å². The number of amides is 2. The van der Waals surface area contributed by atoms with Gasteiger partial charge in [-0.25, -0.2) is 4.79 Å². The van der Waals surface area contributed by atoms with E-state index in [1.54, 1.807) is 31.4 Å². The summed E-state index contributed by atoms with van der Waals surface area (Å²) < 4.78 is 14.8. The van der Waals surface area contributed by atoms with Crippen molar-refractivity contribution in [1.29, 1.82) is 0 Å². The van der Waals surface area contributed by atoms with Crippen LogP contribution >= 0.6 is 0 Å². The number of carbonyl (C=O) groups is 2. The molecular weight excluding hydrogens is 276 g/mol. The van der Waals surface area contributed by atoms with E-state index in [4.69, 9.17) is 14.2 Å². The van der Waals surface area contributed by atoms with E-state index in [1.807, 2.05) is 6.07 Å². The normalized spacial score (nSPS) is 9.95. The van der Waals surface area contributed by atoms with Gasteiger partial charge in [-0.1, -0.05) is 18.2 Å². The van der Waals surface area contributed by atoms with Crippen molar-refractivity contribution in [2.45, 2.75) is 0 Å². The van der Waals surface area contributed by atoms with Crippen LogP contribution in [0.25, 0.3) is 0 Å². The van der Waals surface area contributed by atoms with Crippen LogP contribution in [-0.4, -0.2) is 52.0 Å². The number of ether oxygens (including phenoxy) is 3. The van der Waals surface area contributed by atoms with E-state index in [0.717, 1.165) is 0 Å². The number of hydrogen-bond acceptors (Lipinski definition) is 5. The zero-order valence-electron chi connectivity index (χ0n) is 12.0. The van der Waals surface area contributed by atoms with Gasteiger partial charge >= 0.3 is 6.09 Å². The molecule has 116 valence electrons. The molecule has 0 fully saturated rings. The first-order valence-electron chi connectivity index (χ1n) is 6.56. The number of rotatable bonds is 9. The van der Waals surface area contributed by atoms with Gasteiger partial charge < -0.3 is 24.8 Å². The maximum absolute atomic E-state index is 11.4. The van der Waals surface area contributed by atoms with Crippen LogP contribution in [0.3, 0.4) is 0 Å². The molecule has 1 aromatic rings. The van der Waals surface area contributed by atoms with Gasteiger partial charge in [-0.15, -0.1) is 0 Å². The van der Waals surface area contributed by atoms with E-state index in [9.17, 15) is 9.59 Å². The van der Waals surface area contributed by atoms with E-state index in [1.165, 1.54) is 0 Å². The zero-order chi connectivity index (χ0) is 15.3. The molecule has 0 heterocycles. The Labute approximate surface area is 123 Å². The van der Waals surface area contributed by atoms with Gasteiger partial charge in [0.1, 0.15) is 12.4 Å². The Morgan fingerprint density at radius 1 is 1.05 bits per heavy atom. The fraction of sp³-hybridized carbons (Fsp3) is 0.429. The fourth-order valence-corrected chi connectivity index (χ4v) is 1.36. The molecule has 0 unspecified atom stereocenters. The Morgan fingerprint density at radius 2 is 1.76 bits per heavy atom. The first-order valence-corrected chi connectivity index (χ1v) is 6.56. The Balaban J connectivity index is 2.03. The van der Waals surface area contributed by atoms with E-state index >= 15 is 0 Å². The highest BCUT2D eigenvalue weighted by molar-refractivity contribution is 5.77. The van der Waals surface area contributed by atoms with Crippen molar-refractivity contribution in [3.8, 4) is 5.75 Å². The van der Waals surface area contributed by atoms with Crippen molar-refractivity contribution in [3.63, 3.8) is 0 Å². The maximum Gasteiger partial charge on any atom is 0.412 e. The first kappa shape index (κ1) is 16.9. The van der Waals surface area contributed by atoms with Crippen LogP contribution in [0.15, 0.2) is 30.3 Å². The fourth-order valence-electron chi connectivity index (χ4n) is 1.36. The van der Waals surface area contributed by atoms with Crippen molar-refractivity contribution < 1.29 is 23.8 Å². The smallest absolute Gasteiger partial charge is 0.410 e. The molecular formula is C14H20N2O5. The van der Waals surface area contributed by atoms with E-state index < -0.39 is 6.09 Å². The molecule has 0 aliphatic rings. The zero-order valence-corrected chi connectivity index (χ0v) is 12.0. The first-order chi connectivity index (χ1) is 10.2. The topological polar surface area (TPSA) is 85.9 Å². The summed E-state index contributed by atoms with van der Waals surface area (Å²) in [6.07, 6.45) is -0.563. The predicted octanol–water partition coefficient (Wildman–Crippen LogP) is 0.554. The van der Waals surface area contributed by atoms with Gasteiger partial charge in [0.25, 0.3) is 0 Å². The second-order valence-corrected chi connectivity index (χ2v) is 4.02. The Hall–Kier alpha value is -2.12. The molecule has 2 N–H and O–H groups in total. The molecule has 0 atom stereocenters. The van der Waals surface area contributed by atoms with Gasteiger partial charge in [-0.05, 0) is 12.1 Å². The van der Waals surface area contributed by atoms with Crippen molar-refractivity contribution in [2.75, 3.05) is 40.0 Å². The van der Waals surface area contributed by atoms with Crippen LogP contribution in [0.2, 0.25) is 0 Å². The Kier molecular flexibility index (Phi) is 8.58. The minimum absolute atomic E-state index is 0.0299. The number of hydrogen-bond donors (Lipinski definition) is 2. The van der Waals surface area contributed by atoms with E-state index in [2.05, 4.69) is 10.6 Å². The third kappa shape index (κ3) is 8.61. The van der Waals surface area contributed by atoms with Gasteiger partial charge in [0.15, 0.2) is 0 Å². The van der Waals surface area contributed by atoms with Crippen molar-refractivity contribution in [2.24, 2.45) is 0 Å². The summed E-state index contributed by atoms with van der Waals surface area (Å²) >= 11 is 0. The molecule has 2 amide bonds. The van der Waals surface area contributed by atoms with E-state index in [-0.39, 0.29) is 19.1 Å². The number of carbonyl (C=O) groups excluding carboxylic acids is 2. The van der Waals surface area contributed by atoms with Crippen molar-refractivity contribution in [1.82, 2.24) is 10.6 Å². The molecule has 0 saturated heterocycles. The molecule has 7 nitrogen and oxygen atoms in total. The molecule has 0 aliphatic heterocycles. The monoisotopic (exact) mass is 296 g/mol. The average molecular weight is 296 g/mol. The summed E-state index contributed by atoms with van der Waals surface area (Å²) in [4.78, 5) is 22.7. The number of nitrogens with one attached hydrogen (secondary N) is 2. The van der Waals surface area contributed by atoms with Crippen LogP contribution < -0.4 is 15.4 Å². The van der Waals surface area contributed by atoms with Gasteiger partial charge in [0, 0.05) is 20.2 Å². The van der Waals surface area contributed by atoms with Crippen LogP contribution in [0.4, 0.5) is 4.79 Å². The van der Waals surface area contributed by atoms with Crippen LogP contribution in [0, 0.1) is 0 Å². The Bertz CT molecular complexity index is 425. The number of benzene rings is 1. The molecule has 7 heteroatoms. The summed E-state index contributed by atoms with van der Waals surface area (Å²) in [7, 11) is 1.56. The third-order valence-electron chi connectivity index (χ3n) is 2.34. The van der Waals surface area contributed by atoms with Crippen LogP contribution in [-0.2, 0) is 14.3 Å². The predicted molar refractivity (Wildman–Crippen MR) is 76.2 cm³/mol. The lowest BCUT2D eigenvalue weighted by Gasteiger charge is -2.08. The van der Waals surface area contributed by atoms with Gasteiger partial charge in [0.2, 0.25) is 5.91 Å². The third-order valence-corrected chi connectivity index (χ3v) is 2.34. The molecule has 0 aliphatic carbocycles. The minimum Gasteiger partial charge on any atom is -0.410 e. The maximum atomic E-state index is 11.4. The van der Waals surface area contributed by atoms with Crippen LogP contribution in [0.5, 0.6) is 5.75 Å². The molecule has 0 saturated carbocycles. The SMILES string of the molecule is COCCOCC(=O)NCCNC(=O)Oc1ccccc1. The Morgan fingerprint density at radius 3 is 2.48 bits per heavy atom. The highest BCUT2D eigenvalue weighted by Gasteiger charge is 2.04. The van der Waals surface area contributed by atoms with Crippen LogP contribution in [0.1, 0.15) is 0 Å². The standard InChI is InChI=1S/C14H20N2O5/c1-19-9-10-20-11-13(17)15-7-8-16-14(18)21-12-5-3-2-4-6-12/h2-6H,7-11H2,1H3,(H,15,17)(H,16,18). The molecule has 21 heavy (non-hydrogen) atoms. The summed E-state index contributed by atoms with van der Waals surface area (Å²) in [6.45, 7) is 1.36. The van der Waals surface area contributed by atoms with Gasteiger partial charge in [-0.2, -0.15) is 0 Å². The lowest BCUT2D eigenvalue weighted by molar-refractivity contribution is -0.126. The van der Waals surface area contributed by atoms with Gasteiger partial charge in [-0.3, -0.25) is 4.79 Å². The summed E-state index contributed by atoms with van der Waals surface area (Å²) in [5.41, 5.74) is 0. The van der Waals surface area contributed by atoms with Gasteiger partial charge in [0.05, 0.1) is 13.2 Å². The lowest BCUT2D eigenvalue weighted by Crippen LogP contribution is -2.37. The number of para-hydroxylation sites is 1. The molecule has 0 radical (unpaired) electrons. The van der Waals surface area contributed by atoms with Crippen molar-refractivity contribution >= 4 is 12.0 Å². The summed E-state index contributed by atoms with van der Waals surface area (Å²) in [5.74, 6) is 0.218. The summed E-state index contributed by atoms with van der Waals surface area (Å²) in [6, 6.07) is 8.73.